The number of hydrogen-bond donors (Lipinski definition) is 5. The molecule has 12 atom stereocenters. The van der Waals surface area contributed by atoms with E-state index in [0.29, 0.717) is 12.8 Å². The van der Waals surface area contributed by atoms with E-state index in [0.717, 1.165) is 0 Å². The van der Waals surface area contributed by atoms with Crippen molar-refractivity contribution < 1.29 is 44.3 Å². The monoisotopic (exact) mass is 545 g/mol. The predicted molar refractivity (Wildman–Crippen MR) is 142 cm³/mol. The van der Waals surface area contributed by atoms with Crippen molar-refractivity contribution >= 4 is 17.8 Å². The fourth-order valence-corrected chi connectivity index (χ4v) is 5.57. The second-order valence-electron chi connectivity index (χ2n) is 11.8. The molecule has 38 heavy (non-hydrogen) atoms. The Labute approximate surface area is 227 Å². The molecule has 0 aromatic heterocycles. The number of rotatable bonds is 9. The molecule has 0 saturated carbocycles. The SMILES string of the molecule is CC(=O)O[C@@H](C)C[C@@H](O)[C@@H](C)[C@@H](O)[C@@H](C)C[C@H](C)[C@@H]1OC(=O)[C@H](C)NC(=O)C[C@@H](O)C[C@H](O)[C@H](C)C[C@H]1C. The van der Waals surface area contributed by atoms with E-state index in [2.05, 4.69) is 5.32 Å². The van der Waals surface area contributed by atoms with E-state index in [4.69, 9.17) is 9.47 Å². The zero-order valence-electron chi connectivity index (χ0n) is 24.3. The molecule has 0 aliphatic carbocycles. The van der Waals surface area contributed by atoms with Crippen molar-refractivity contribution in [3.8, 4) is 0 Å². The van der Waals surface area contributed by atoms with Gasteiger partial charge >= 0.3 is 11.9 Å². The third kappa shape index (κ3) is 11.2. The molecular weight excluding hydrogens is 494 g/mol. The molecular formula is C28H51NO9. The molecule has 0 spiro atoms. The Morgan fingerprint density at radius 3 is 2.21 bits per heavy atom. The average molecular weight is 546 g/mol. The van der Waals surface area contributed by atoms with Crippen LogP contribution in [0.15, 0.2) is 0 Å². The second kappa shape index (κ2) is 15.7. The molecule has 0 bridgehead atoms. The number of carbonyl (C=O) groups excluding carboxylic acids is 3. The minimum absolute atomic E-state index is 0.0597. The lowest BCUT2D eigenvalue weighted by Crippen LogP contribution is -2.44. The van der Waals surface area contributed by atoms with Gasteiger partial charge in [-0.05, 0) is 56.8 Å². The van der Waals surface area contributed by atoms with Gasteiger partial charge in [0.1, 0.15) is 18.2 Å². The lowest BCUT2D eigenvalue weighted by molar-refractivity contribution is -0.159. The highest BCUT2D eigenvalue weighted by atomic mass is 16.5. The van der Waals surface area contributed by atoms with E-state index in [1.165, 1.54) is 13.8 Å². The second-order valence-corrected chi connectivity index (χ2v) is 11.8. The highest BCUT2D eigenvalue weighted by Crippen LogP contribution is 2.32. The minimum Gasteiger partial charge on any atom is -0.463 e. The van der Waals surface area contributed by atoms with Crippen molar-refractivity contribution in [2.24, 2.45) is 29.6 Å². The molecule has 1 saturated heterocycles. The summed E-state index contributed by atoms with van der Waals surface area (Å²) in [6.45, 7) is 13.9. The van der Waals surface area contributed by atoms with Gasteiger partial charge in [-0.1, -0.05) is 34.6 Å². The highest BCUT2D eigenvalue weighted by Gasteiger charge is 2.36. The lowest BCUT2D eigenvalue weighted by Gasteiger charge is -2.36. The van der Waals surface area contributed by atoms with E-state index in [-0.39, 0.29) is 42.9 Å². The molecule has 1 amide bonds. The lowest BCUT2D eigenvalue weighted by atomic mass is 9.78. The highest BCUT2D eigenvalue weighted by molar-refractivity contribution is 5.84. The number of esters is 2. The Bertz CT molecular complexity index is 763. The summed E-state index contributed by atoms with van der Waals surface area (Å²) in [5.41, 5.74) is 0. The maximum absolute atomic E-state index is 12.9. The first-order valence-electron chi connectivity index (χ1n) is 13.9. The molecule has 1 heterocycles. The van der Waals surface area contributed by atoms with E-state index < -0.39 is 66.4 Å². The number of cyclic esters (lactones) is 1. The maximum atomic E-state index is 12.9. The number of aliphatic hydroxyl groups is 4. The first-order chi connectivity index (χ1) is 17.5. The third-order valence-corrected chi connectivity index (χ3v) is 7.85. The summed E-state index contributed by atoms with van der Waals surface area (Å²) in [7, 11) is 0. The number of ether oxygens (including phenoxy) is 2. The van der Waals surface area contributed by atoms with Crippen LogP contribution in [0.2, 0.25) is 0 Å². The Hall–Kier alpha value is -1.75. The molecule has 0 radical (unpaired) electrons. The maximum Gasteiger partial charge on any atom is 0.328 e. The number of carbonyl (C=O) groups is 3. The molecule has 10 nitrogen and oxygen atoms in total. The Balaban J connectivity index is 2.99. The Morgan fingerprint density at radius 1 is 1.03 bits per heavy atom. The normalized spacial score (nSPS) is 32.6. The molecule has 1 rings (SSSR count). The van der Waals surface area contributed by atoms with Gasteiger partial charge in [0.2, 0.25) is 5.91 Å². The molecule has 1 aliphatic heterocycles. The number of amides is 1. The van der Waals surface area contributed by atoms with Crippen LogP contribution in [-0.4, -0.2) is 80.9 Å². The van der Waals surface area contributed by atoms with E-state index in [9.17, 15) is 34.8 Å². The van der Waals surface area contributed by atoms with Gasteiger partial charge < -0.3 is 35.2 Å². The summed E-state index contributed by atoms with van der Waals surface area (Å²) in [5, 5.41) is 45.0. The number of aliphatic hydroxyl groups excluding tert-OH is 4. The predicted octanol–water partition coefficient (Wildman–Crippen LogP) is 1.94. The Morgan fingerprint density at radius 2 is 1.63 bits per heavy atom. The smallest absolute Gasteiger partial charge is 0.328 e. The summed E-state index contributed by atoms with van der Waals surface area (Å²) in [6.07, 6.45) is -3.49. The van der Waals surface area contributed by atoms with Gasteiger partial charge in [-0.2, -0.15) is 0 Å². The van der Waals surface area contributed by atoms with Crippen molar-refractivity contribution in [3.05, 3.63) is 0 Å². The van der Waals surface area contributed by atoms with Crippen LogP contribution >= 0.6 is 0 Å². The standard InChI is InChI=1S/C28H51NO9/c1-14-9-16(3)27(38-28(36)20(7)29-25(34)13-22(31)12-23(14)32)17(4)10-15(2)26(35)19(6)24(33)11-18(5)37-21(8)30/h14-20,22-24,26-27,31-33,35H,9-13H2,1-8H3,(H,29,34)/t14-,15+,16-,17+,18+,19-,20+,22+,23+,24-,26+,27-/m1/s1. The summed E-state index contributed by atoms with van der Waals surface area (Å²) < 4.78 is 11.0. The molecule has 0 aromatic rings. The van der Waals surface area contributed by atoms with Gasteiger partial charge in [0, 0.05) is 19.3 Å². The van der Waals surface area contributed by atoms with Crippen molar-refractivity contribution in [1.29, 1.82) is 0 Å². The zero-order valence-corrected chi connectivity index (χ0v) is 24.3. The molecule has 1 fully saturated rings. The van der Waals surface area contributed by atoms with Gasteiger partial charge in [-0.15, -0.1) is 0 Å². The third-order valence-electron chi connectivity index (χ3n) is 7.85. The molecule has 5 N–H and O–H groups in total. The number of hydrogen-bond acceptors (Lipinski definition) is 9. The van der Waals surface area contributed by atoms with Crippen LogP contribution in [-0.2, 0) is 23.9 Å². The first-order valence-corrected chi connectivity index (χ1v) is 13.9. The first kappa shape index (κ1) is 34.3. The minimum atomic E-state index is -1.02. The van der Waals surface area contributed by atoms with Crippen LogP contribution in [0, 0.1) is 29.6 Å². The summed E-state index contributed by atoms with van der Waals surface area (Å²) in [5.74, 6) is -2.75. The fraction of sp³-hybridized carbons (Fsp3) is 0.893. The molecule has 1 aliphatic rings. The van der Waals surface area contributed by atoms with Crippen LogP contribution in [0.1, 0.15) is 87.5 Å². The zero-order chi connectivity index (χ0) is 29.3. The molecule has 222 valence electrons. The summed E-state index contributed by atoms with van der Waals surface area (Å²) >= 11 is 0. The van der Waals surface area contributed by atoms with Crippen LogP contribution in [0.3, 0.4) is 0 Å². The molecule has 10 heteroatoms. The van der Waals surface area contributed by atoms with Gasteiger partial charge in [0.15, 0.2) is 0 Å². The van der Waals surface area contributed by atoms with E-state index in [1.807, 2.05) is 27.7 Å². The van der Waals surface area contributed by atoms with Crippen molar-refractivity contribution in [3.63, 3.8) is 0 Å². The van der Waals surface area contributed by atoms with Crippen LogP contribution < -0.4 is 5.32 Å². The fourth-order valence-electron chi connectivity index (χ4n) is 5.57. The van der Waals surface area contributed by atoms with Crippen LogP contribution in [0.4, 0.5) is 0 Å². The van der Waals surface area contributed by atoms with Crippen LogP contribution in [0.25, 0.3) is 0 Å². The average Bonchev–Trinajstić information content (AvgIpc) is 2.79. The van der Waals surface area contributed by atoms with Crippen molar-refractivity contribution in [2.75, 3.05) is 0 Å². The quantitative estimate of drug-likeness (QED) is 0.273. The molecule has 0 unspecified atom stereocenters. The molecule has 0 aromatic carbocycles. The van der Waals surface area contributed by atoms with Crippen molar-refractivity contribution in [1.82, 2.24) is 5.32 Å². The van der Waals surface area contributed by atoms with Gasteiger partial charge in [-0.25, -0.2) is 4.79 Å². The summed E-state index contributed by atoms with van der Waals surface area (Å²) in [6, 6.07) is -0.905. The topological polar surface area (TPSA) is 163 Å². The van der Waals surface area contributed by atoms with Gasteiger partial charge in [-0.3, -0.25) is 9.59 Å². The van der Waals surface area contributed by atoms with Gasteiger partial charge in [0.05, 0.1) is 30.8 Å². The largest absolute Gasteiger partial charge is 0.463 e. The van der Waals surface area contributed by atoms with Crippen molar-refractivity contribution in [2.45, 2.75) is 130 Å². The van der Waals surface area contributed by atoms with Crippen LogP contribution in [0.5, 0.6) is 0 Å². The Kier molecular flexibility index (Phi) is 14.2. The van der Waals surface area contributed by atoms with Gasteiger partial charge in [0.25, 0.3) is 0 Å². The summed E-state index contributed by atoms with van der Waals surface area (Å²) in [4.78, 5) is 36.3. The van der Waals surface area contributed by atoms with E-state index in [1.54, 1.807) is 13.8 Å². The van der Waals surface area contributed by atoms with E-state index >= 15 is 0 Å². The number of nitrogens with one attached hydrogen (secondary N) is 1.